The van der Waals surface area contributed by atoms with E-state index in [9.17, 15) is 33.9 Å². The zero-order chi connectivity index (χ0) is 27.8. The third-order valence-electron chi connectivity index (χ3n) is 5.19. The normalized spacial score (nSPS) is 14.2. The summed E-state index contributed by atoms with van der Waals surface area (Å²) in [4.78, 5) is 71.4. The number of hydrogen-bond donors (Lipinski definition) is 8. The second-order valence-corrected chi connectivity index (χ2v) is 8.91. The lowest BCUT2D eigenvalue weighted by atomic mass is 10.0. The van der Waals surface area contributed by atoms with Crippen LogP contribution >= 0.6 is 0 Å². The van der Waals surface area contributed by atoms with E-state index in [1.54, 1.807) is 13.8 Å². The lowest BCUT2D eigenvalue weighted by molar-refractivity contribution is -0.143. The summed E-state index contributed by atoms with van der Waals surface area (Å²) in [5, 5.41) is 34.4. The average molecular weight is 518 g/mol. The van der Waals surface area contributed by atoms with Gasteiger partial charge in [0.25, 0.3) is 0 Å². The van der Waals surface area contributed by atoms with E-state index in [2.05, 4.69) is 16.0 Å². The SMILES string of the molecule is CC(C)CC(NC(=O)C(CCCCN)NC(=O)C(CCC(=O)O)NC(=O)C(N)CCC(=O)O)C(=O)O. The number of nitrogens with two attached hydrogens (primary N) is 2. The van der Waals surface area contributed by atoms with E-state index in [4.69, 9.17) is 21.7 Å². The molecule has 0 bridgehead atoms. The van der Waals surface area contributed by atoms with Crippen molar-refractivity contribution in [3.63, 3.8) is 0 Å². The summed E-state index contributed by atoms with van der Waals surface area (Å²) < 4.78 is 0. The summed E-state index contributed by atoms with van der Waals surface area (Å²) in [6.45, 7) is 3.91. The molecule has 4 atom stereocenters. The lowest BCUT2D eigenvalue weighted by Crippen LogP contribution is -2.57. The summed E-state index contributed by atoms with van der Waals surface area (Å²) in [6, 6.07) is -4.97. The summed E-state index contributed by atoms with van der Waals surface area (Å²) >= 11 is 0. The second kappa shape index (κ2) is 17.2. The Labute approximate surface area is 209 Å². The molecule has 0 aliphatic carbocycles. The van der Waals surface area contributed by atoms with Gasteiger partial charge in [0.05, 0.1) is 6.04 Å². The molecule has 0 aromatic carbocycles. The minimum absolute atomic E-state index is 0.0300. The van der Waals surface area contributed by atoms with Crippen LogP contribution in [0, 0.1) is 5.92 Å². The standard InChI is InChI=1S/C22H39N5O9/c1-12(2)11-16(22(35)36)27-20(33)14(5-3-4-10-23)26-21(34)15(7-9-18(30)31)25-19(32)13(24)6-8-17(28)29/h12-16H,3-11,23-24H2,1-2H3,(H,25,32)(H,26,34)(H,27,33)(H,28,29)(H,30,31)(H,35,36). The fraction of sp³-hybridized carbons (Fsp3) is 0.727. The molecule has 0 saturated carbocycles. The van der Waals surface area contributed by atoms with Crippen molar-refractivity contribution in [3.8, 4) is 0 Å². The van der Waals surface area contributed by atoms with Crippen molar-refractivity contribution < 1.29 is 44.1 Å². The van der Waals surface area contributed by atoms with E-state index in [0.29, 0.717) is 19.4 Å². The maximum absolute atomic E-state index is 13.0. The van der Waals surface area contributed by atoms with Crippen LogP contribution in [0.4, 0.5) is 0 Å². The highest BCUT2D eigenvalue weighted by atomic mass is 16.4. The van der Waals surface area contributed by atoms with Crippen molar-refractivity contribution in [2.75, 3.05) is 6.54 Å². The minimum Gasteiger partial charge on any atom is -0.481 e. The first-order chi connectivity index (χ1) is 16.8. The molecule has 0 aliphatic rings. The summed E-state index contributed by atoms with van der Waals surface area (Å²) in [7, 11) is 0. The van der Waals surface area contributed by atoms with Crippen molar-refractivity contribution in [3.05, 3.63) is 0 Å². The highest BCUT2D eigenvalue weighted by Crippen LogP contribution is 2.09. The van der Waals surface area contributed by atoms with Crippen LogP contribution in [0.25, 0.3) is 0 Å². The van der Waals surface area contributed by atoms with E-state index in [1.807, 2.05) is 0 Å². The Bertz CT molecular complexity index is 775. The minimum atomic E-state index is -1.37. The number of nitrogens with one attached hydrogen (secondary N) is 3. The number of rotatable bonds is 19. The van der Waals surface area contributed by atoms with Crippen LogP contribution in [0.3, 0.4) is 0 Å². The number of amides is 3. The molecule has 0 spiro atoms. The number of hydrogen-bond acceptors (Lipinski definition) is 8. The third kappa shape index (κ3) is 14.2. The van der Waals surface area contributed by atoms with Crippen molar-refractivity contribution in [2.45, 2.75) is 89.4 Å². The maximum Gasteiger partial charge on any atom is 0.326 e. The van der Waals surface area contributed by atoms with Gasteiger partial charge in [0.1, 0.15) is 18.1 Å². The molecule has 0 radical (unpaired) electrons. The fourth-order valence-corrected chi connectivity index (χ4v) is 3.22. The van der Waals surface area contributed by atoms with E-state index in [0.717, 1.165) is 0 Å². The largest absolute Gasteiger partial charge is 0.481 e. The van der Waals surface area contributed by atoms with E-state index in [1.165, 1.54) is 0 Å². The first-order valence-electron chi connectivity index (χ1n) is 11.8. The van der Waals surface area contributed by atoms with Gasteiger partial charge in [-0.1, -0.05) is 13.8 Å². The van der Waals surface area contributed by atoms with Gasteiger partial charge in [0.2, 0.25) is 17.7 Å². The van der Waals surface area contributed by atoms with E-state index >= 15 is 0 Å². The molecule has 0 saturated heterocycles. The molecular formula is C22H39N5O9. The van der Waals surface area contributed by atoms with Crippen LogP contribution in [0.2, 0.25) is 0 Å². The molecule has 0 fully saturated rings. The number of aliphatic carboxylic acids is 3. The fourth-order valence-electron chi connectivity index (χ4n) is 3.22. The zero-order valence-electron chi connectivity index (χ0n) is 20.7. The average Bonchev–Trinajstić information content (AvgIpc) is 2.78. The number of carboxylic acids is 3. The van der Waals surface area contributed by atoms with E-state index < -0.39 is 66.2 Å². The van der Waals surface area contributed by atoms with Crippen LogP contribution in [0.15, 0.2) is 0 Å². The molecule has 3 amide bonds. The Morgan fingerprint density at radius 2 is 1.17 bits per heavy atom. The Kier molecular flexibility index (Phi) is 15.7. The van der Waals surface area contributed by atoms with Crippen molar-refractivity contribution in [1.29, 1.82) is 0 Å². The van der Waals surface area contributed by atoms with Gasteiger partial charge < -0.3 is 42.7 Å². The smallest absolute Gasteiger partial charge is 0.326 e. The number of carbonyl (C=O) groups excluding carboxylic acids is 3. The lowest BCUT2D eigenvalue weighted by Gasteiger charge is -2.25. The van der Waals surface area contributed by atoms with Crippen LogP contribution < -0.4 is 27.4 Å². The Morgan fingerprint density at radius 3 is 1.64 bits per heavy atom. The van der Waals surface area contributed by atoms with Crippen molar-refractivity contribution in [2.24, 2.45) is 17.4 Å². The highest BCUT2D eigenvalue weighted by molar-refractivity contribution is 5.94. The third-order valence-corrected chi connectivity index (χ3v) is 5.19. The van der Waals surface area contributed by atoms with Gasteiger partial charge in [-0.3, -0.25) is 24.0 Å². The second-order valence-electron chi connectivity index (χ2n) is 8.91. The molecule has 14 heteroatoms. The quantitative estimate of drug-likeness (QED) is 0.0940. The van der Waals surface area contributed by atoms with Gasteiger partial charge in [0, 0.05) is 12.8 Å². The van der Waals surface area contributed by atoms with Crippen LogP contribution in [0.5, 0.6) is 0 Å². The first kappa shape index (κ1) is 32.7. The predicted octanol–water partition coefficient (Wildman–Crippen LogP) is -1.24. The van der Waals surface area contributed by atoms with Crippen molar-refractivity contribution in [1.82, 2.24) is 16.0 Å². The van der Waals surface area contributed by atoms with Crippen LogP contribution in [0.1, 0.15) is 65.2 Å². The summed E-state index contributed by atoms with van der Waals surface area (Å²) in [5.41, 5.74) is 11.2. The first-order valence-corrected chi connectivity index (χ1v) is 11.8. The molecule has 4 unspecified atom stereocenters. The van der Waals surface area contributed by atoms with E-state index in [-0.39, 0.29) is 38.0 Å². The van der Waals surface area contributed by atoms with Gasteiger partial charge in [0.15, 0.2) is 0 Å². The maximum atomic E-state index is 13.0. The van der Waals surface area contributed by atoms with Gasteiger partial charge in [-0.2, -0.15) is 0 Å². The zero-order valence-corrected chi connectivity index (χ0v) is 20.7. The van der Waals surface area contributed by atoms with Crippen LogP contribution in [-0.2, 0) is 28.8 Å². The van der Waals surface area contributed by atoms with Crippen LogP contribution in [-0.4, -0.2) is 81.7 Å². The topological polar surface area (TPSA) is 251 Å². The Balaban J connectivity index is 5.57. The molecule has 0 heterocycles. The van der Waals surface area contributed by atoms with Gasteiger partial charge in [-0.05, 0) is 51.0 Å². The monoisotopic (exact) mass is 517 g/mol. The summed E-state index contributed by atoms with van der Waals surface area (Å²) in [6.07, 6.45) is -0.135. The predicted molar refractivity (Wildman–Crippen MR) is 128 cm³/mol. The van der Waals surface area contributed by atoms with Crippen molar-refractivity contribution >= 4 is 35.6 Å². The van der Waals surface area contributed by atoms with Gasteiger partial charge >= 0.3 is 17.9 Å². The Morgan fingerprint density at radius 1 is 0.694 bits per heavy atom. The molecule has 206 valence electrons. The number of unbranched alkanes of at least 4 members (excludes halogenated alkanes) is 1. The summed E-state index contributed by atoms with van der Waals surface area (Å²) in [5.74, 6) is -6.11. The highest BCUT2D eigenvalue weighted by Gasteiger charge is 2.30. The molecule has 14 nitrogen and oxygen atoms in total. The molecule has 0 aliphatic heterocycles. The molecule has 0 rings (SSSR count). The van der Waals surface area contributed by atoms with Gasteiger partial charge in [-0.25, -0.2) is 4.79 Å². The Hall–Kier alpha value is -3.26. The van der Waals surface area contributed by atoms with Gasteiger partial charge in [-0.15, -0.1) is 0 Å². The molecule has 0 aromatic heterocycles. The molecule has 36 heavy (non-hydrogen) atoms. The molecular weight excluding hydrogens is 478 g/mol. The molecule has 0 aromatic rings. The number of carbonyl (C=O) groups is 6. The number of carboxylic acid groups (broad SMARTS) is 3. The molecule has 10 N–H and O–H groups in total.